The Morgan fingerprint density at radius 3 is 2.65 bits per heavy atom. The molecule has 124 valence electrons. The molecule has 23 heavy (non-hydrogen) atoms. The zero-order valence-corrected chi connectivity index (χ0v) is 12.9. The monoisotopic (exact) mass is 326 g/mol. The molecule has 1 unspecified atom stereocenters. The van der Waals surface area contributed by atoms with E-state index in [0.29, 0.717) is 6.42 Å². The van der Waals surface area contributed by atoms with Crippen LogP contribution in [0, 0.1) is 6.92 Å². The van der Waals surface area contributed by atoms with Crippen LogP contribution < -0.4 is 0 Å². The topological polar surface area (TPSA) is 44.1 Å². The van der Waals surface area contributed by atoms with E-state index in [2.05, 4.69) is 5.10 Å². The lowest BCUT2D eigenvalue weighted by Crippen LogP contribution is -2.23. The molecule has 0 aliphatic rings. The van der Waals surface area contributed by atoms with Crippen molar-refractivity contribution in [3.8, 4) is 0 Å². The zero-order valence-electron chi connectivity index (χ0n) is 12.9. The Kier molecular flexibility index (Phi) is 5.41. The lowest BCUT2D eigenvalue weighted by atomic mass is 10.2. The van der Waals surface area contributed by atoms with Crippen molar-refractivity contribution in [1.29, 1.82) is 0 Å². The molecule has 2 rings (SSSR count). The summed E-state index contributed by atoms with van der Waals surface area (Å²) in [6.07, 6.45) is -2.61. The van der Waals surface area contributed by atoms with E-state index in [-0.39, 0.29) is 0 Å². The van der Waals surface area contributed by atoms with Crippen molar-refractivity contribution in [2.75, 3.05) is 6.61 Å². The molecule has 0 aliphatic carbocycles. The van der Waals surface area contributed by atoms with Crippen LogP contribution in [0.5, 0.6) is 0 Å². The molecule has 0 fully saturated rings. The number of hydrogen-bond donors (Lipinski definition) is 0. The summed E-state index contributed by atoms with van der Waals surface area (Å²) >= 11 is 0. The normalized spacial score (nSPS) is 12.2. The third-order valence-electron chi connectivity index (χ3n) is 3.52. The molecule has 0 saturated carbocycles. The maximum Gasteiger partial charge on any atom is 0.330 e. The molecule has 0 saturated heterocycles. The van der Waals surface area contributed by atoms with Gasteiger partial charge >= 0.3 is 12.0 Å². The number of ether oxygens (including phenoxy) is 1. The molecule has 1 heterocycles. The van der Waals surface area contributed by atoms with E-state index in [1.807, 2.05) is 31.2 Å². The first-order valence-electron chi connectivity index (χ1n) is 7.25. The van der Waals surface area contributed by atoms with E-state index in [1.165, 1.54) is 0 Å². The van der Waals surface area contributed by atoms with Gasteiger partial charge in [0.15, 0.2) is 5.83 Å². The predicted octanol–water partition coefficient (Wildman–Crippen LogP) is 4.31. The number of carbonyl (C=O) groups is 1. The summed E-state index contributed by atoms with van der Waals surface area (Å²) in [4.78, 5) is 12.2. The van der Waals surface area contributed by atoms with Gasteiger partial charge in [-0.25, -0.2) is 9.18 Å². The van der Waals surface area contributed by atoms with Gasteiger partial charge in [0.1, 0.15) is 6.04 Å². The van der Waals surface area contributed by atoms with Crippen molar-refractivity contribution < 1.29 is 22.7 Å². The summed E-state index contributed by atoms with van der Waals surface area (Å²) in [5.74, 6) is -2.18. The second-order valence-electron chi connectivity index (χ2n) is 5.05. The van der Waals surface area contributed by atoms with Crippen molar-refractivity contribution >= 4 is 16.9 Å². The number of benzene rings is 1. The Morgan fingerprint density at radius 2 is 2.00 bits per heavy atom. The van der Waals surface area contributed by atoms with Crippen LogP contribution in [0.2, 0.25) is 0 Å². The molecule has 1 aromatic carbocycles. The Hall–Kier alpha value is -2.31. The van der Waals surface area contributed by atoms with Crippen LogP contribution in [0.25, 0.3) is 10.9 Å². The third kappa shape index (κ3) is 3.72. The lowest BCUT2D eigenvalue weighted by Gasteiger charge is -2.15. The number of rotatable bonds is 6. The van der Waals surface area contributed by atoms with Gasteiger partial charge in [0.25, 0.3) is 0 Å². The highest BCUT2D eigenvalue weighted by molar-refractivity contribution is 5.84. The second-order valence-corrected chi connectivity index (χ2v) is 5.05. The predicted molar refractivity (Wildman–Crippen MR) is 79.7 cm³/mol. The van der Waals surface area contributed by atoms with Crippen LogP contribution in [0.3, 0.4) is 0 Å². The number of fused-ring (bicyclic) bond motifs is 1. The summed E-state index contributed by atoms with van der Waals surface area (Å²) in [7, 11) is 0. The second kappa shape index (κ2) is 7.30. The van der Waals surface area contributed by atoms with Crippen molar-refractivity contribution in [2.45, 2.75) is 32.7 Å². The fourth-order valence-electron chi connectivity index (χ4n) is 2.36. The molecule has 1 atom stereocenters. The van der Waals surface area contributed by atoms with Crippen LogP contribution in [0.4, 0.5) is 13.2 Å². The van der Waals surface area contributed by atoms with E-state index in [4.69, 9.17) is 4.74 Å². The minimum Gasteiger partial charge on any atom is -0.464 e. The summed E-state index contributed by atoms with van der Waals surface area (Å²) < 4.78 is 43.1. The Morgan fingerprint density at radius 1 is 1.30 bits per heavy atom. The van der Waals surface area contributed by atoms with Gasteiger partial charge in [0, 0.05) is 11.8 Å². The van der Waals surface area contributed by atoms with Crippen molar-refractivity contribution in [3.63, 3.8) is 0 Å². The van der Waals surface area contributed by atoms with Crippen molar-refractivity contribution in [3.05, 3.63) is 41.9 Å². The molecule has 4 nitrogen and oxygen atoms in total. The molecule has 0 aliphatic heterocycles. The Labute approximate surface area is 131 Å². The smallest absolute Gasteiger partial charge is 0.330 e. The number of nitrogens with zero attached hydrogens (tertiary/aromatic N) is 2. The lowest BCUT2D eigenvalue weighted by molar-refractivity contribution is -0.148. The highest BCUT2D eigenvalue weighted by atomic mass is 19.3. The van der Waals surface area contributed by atoms with Gasteiger partial charge in [-0.15, -0.1) is 0 Å². The molecule has 7 heteroatoms. The zero-order chi connectivity index (χ0) is 17.0. The molecular formula is C16H17F3N2O2. The molecule has 0 amide bonds. The average molecular weight is 326 g/mol. The number of aryl methyl sites for hydroxylation is 1. The highest BCUT2D eigenvalue weighted by Gasteiger charge is 2.23. The standard InChI is InChI=1S/C16H17F3N2O2/c1-3-13(16(22)23-9-8-12(17)15(18)19)21-14-7-5-4-6-11(14)10(2)20-21/h4-7,13H,3,8-9H2,1-2H3. The fraction of sp³-hybridized carbons (Fsp3) is 0.375. The fourth-order valence-corrected chi connectivity index (χ4v) is 2.36. The van der Waals surface area contributed by atoms with E-state index in [1.54, 1.807) is 11.6 Å². The number of carbonyl (C=O) groups excluding carboxylic acids is 1. The largest absolute Gasteiger partial charge is 0.464 e. The maximum atomic E-state index is 12.7. The van der Waals surface area contributed by atoms with Gasteiger partial charge in [0.2, 0.25) is 0 Å². The van der Waals surface area contributed by atoms with E-state index >= 15 is 0 Å². The highest BCUT2D eigenvalue weighted by Crippen LogP contribution is 2.24. The number of aromatic nitrogens is 2. The number of para-hydroxylation sites is 1. The van der Waals surface area contributed by atoms with Gasteiger partial charge in [-0.2, -0.15) is 13.9 Å². The summed E-state index contributed by atoms with van der Waals surface area (Å²) in [5.41, 5.74) is 1.56. The first kappa shape index (κ1) is 17.1. The minimum atomic E-state index is -2.39. The SMILES string of the molecule is CCC(C(=O)OCCC(F)=C(F)F)n1nc(C)c2ccccc21. The first-order chi connectivity index (χ1) is 11.0. The molecule has 0 radical (unpaired) electrons. The van der Waals surface area contributed by atoms with Gasteiger partial charge in [-0.3, -0.25) is 4.68 Å². The van der Waals surface area contributed by atoms with Gasteiger partial charge in [0.05, 0.1) is 17.8 Å². The van der Waals surface area contributed by atoms with Crippen LogP contribution in [-0.4, -0.2) is 22.4 Å². The Bertz CT molecular complexity index is 736. The maximum absolute atomic E-state index is 12.7. The Balaban J connectivity index is 2.15. The van der Waals surface area contributed by atoms with Crippen molar-refractivity contribution in [2.24, 2.45) is 0 Å². The first-order valence-corrected chi connectivity index (χ1v) is 7.25. The molecule has 0 bridgehead atoms. The van der Waals surface area contributed by atoms with E-state index < -0.39 is 36.9 Å². The third-order valence-corrected chi connectivity index (χ3v) is 3.52. The van der Waals surface area contributed by atoms with E-state index in [0.717, 1.165) is 16.6 Å². The molecular weight excluding hydrogens is 309 g/mol. The molecule has 0 spiro atoms. The summed E-state index contributed by atoms with van der Waals surface area (Å²) in [5, 5.41) is 5.29. The van der Waals surface area contributed by atoms with E-state index in [9.17, 15) is 18.0 Å². The van der Waals surface area contributed by atoms with Crippen LogP contribution >= 0.6 is 0 Å². The number of esters is 1. The quantitative estimate of drug-likeness (QED) is 0.743. The van der Waals surface area contributed by atoms with Crippen LogP contribution in [-0.2, 0) is 9.53 Å². The minimum absolute atomic E-state index is 0.416. The average Bonchev–Trinajstić information content (AvgIpc) is 2.85. The van der Waals surface area contributed by atoms with Crippen LogP contribution in [0.15, 0.2) is 36.2 Å². The number of halogens is 3. The molecule has 0 N–H and O–H groups in total. The van der Waals surface area contributed by atoms with Crippen LogP contribution in [0.1, 0.15) is 31.5 Å². The summed E-state index contributed by atoms with van der Waals surface area (Å²) in [6, 6.07) is 6.77. The molecule has 2 aromatic rings. The molecule has 1 aromatic heterocycles. The van der Waals surface area contributed by atoms with Gasteiger partial charge < -0.3 is 4.74 Å². The van der Waals surface area contributed by atoms with Gasteiger partial charge in [-0.05, 0) is 19.4 Å². The van der Waals surface area contributed by atoms with Crippen molar-refractivity contribution in [1.82, 2.24) is 9.78 Å². The van der Waals surface area contributed by atoms with Gasteiger partial charge in [-0.1, -0.05) is 25.1 Å². The number of hydrogen-bond acceptors (Lipinski definition) is 3. The summed E-state index contributed by atoms with van der Waals surface area (Å²) in [6.45, 7) is 3.19.